The van der Waals surface area contributed by atoms with Crippen molar-refractivity contribution in [1.29, 1.82) is 0 Å². The van der Waals surface area contributed by atoms with Crippen LogP contribution in [0.1, 0.15) is 109 Å². The zero-order valence-corrected chi connectivity index (χ0v) is 72.1. The highest BCUT2D eigenvalue weighted by Crippen LogP contribution is 2.16. The molecule has 8 N–H and O–H groups in total. The molecule has 4 atom stereocenters. The Kier molecular flexibility index (Phi) is 43.8. The van der Waals surface area contributed by atoms with Gasteiger partial charge in [0.25, 0.3) is 0 Å². The van der Waals surface area contributed by atoms with Gasteiger partial charge in [0.05, 0.1) is 45.3 Å². The minimum absolute atomic E-state index is 0.167. The Bertz CT molecular complexity index is 4480. The van der Waals surface area contributed by atoms with Crippen molar-refractivity contribution in [1.82, 2.24) is 46.6 Å². The average Bonchev–Trinajstić information content (AvgIpc) is 0.887. The van der Waals surface area contributed by atoms with Gasteiger partial charge in [-0.3, -0.25) is 62.3 Å². The van der Waals surface area contributed by atoms with Crippen LogP contribution in [0.5, 0.6) is 0 Å². The molecule has 131 heavy (non-hydrogen) atoms. The Morgan fingerprint density at radius 3 is 0.580 bits per heavy atom. The highest BCUT2D eigenvalue weighted by atomic mass is 16.6. The van der Waals surface area contributed by atoms with E-state index >= 15 is 0 Å². The van der Waals surface area contributed by atoms with Gasteiger partial charge in [0.1, 0.15) is 77.0 Å². The van der Waals surface area contributed by atoms with E-state index in [0.717, 1.165) is 14.7 Å². The second-order valence-corrected chi connectivity index (χ2v) is 29.7. The van der Waals surface area contributed by atoms with E-state index in [1.54, 1.807) is 243 Å². The standard InChI is InChI=1S/C96H106N10O25/c97-57-86(113)104(47-41-80(107)98-58-87(114)105(49-43-82(109)100-76(93(120)128-64-72-33-17-5-18-34-72)53-89(116)124-60-68-25-9-1-10-26-68)50-44-83(110)101-77(94(121)129-65-73-35-19-6-20-36-73)54-90(117)125-61-69-27-11-2-12-28-69)48-42-81(108)99-59-88(115)106(51-45-84(111)102-78(95(122)130-66-74-37-21-7-22-38-74)55-91(118)126-62-70-29-13-3-14-30-70)52-46-85(112)103-79(96(123)131-67-75-39-23-8-24-40-75)56-92(119)127-63-71-31-15-4-16-32-71/h1-40,76-79H,41-67,97H2,(H,98,107)(H,99,108)(H,100,109)(H,101,110)(H,102,111)(H,103,112)/t76-,77-,78-,79-/m0/s1. The first-order valence-electron chi connectivity index (χ1n) is 42.2. The van der Waals surface area contributed by atoms with Gasteiger partial charge in [0.15, 0.2) is 0 Å². The molecule has 0 unspecified atom stereocenters. The largest absolute Gasteiger partial charge is 0.461 e. The molecule has 0 saturated carbocycles. The lowest BCUT2D eigenvalue weighted by atomic mass is 10.2. The summed E-state index contributed by atoms with van der Waals surface area (Å²) in [5.74, 6) is -15.3. The van der Waals surface area contributed by atoms with Crippen LogP contribution in [0.4, 0.5) is 0 Å². The normalized spacial score (nSPS) is 11.5. The number of carbonyl (C=O) groups excluding carboxylic acids is 17. The molecular weight excluding hydrogens is 1690 g/mol. The molecule has 35 heteroatoms. The molecule has 0 aromatic heterocycles. The fourth-order valence-corrected chi connectivity index (χ4v) is 12.4. The smallest absolute Gasteiger partial charge is 0.329 e. The Hall–Kier alpha value is -15.3. The summed E-state index contributed by atoms with van der Waals surface area (Å²) in [4.78, 5) is 236. The van der Waals surface area contributed by atoms with Gasteiger partial charge in [-0.25, -0.2) is 19.2 Å². The number of hydrogen-bond donors (Lipinski definition) is 7. The summed E-state index contributed by atoms with van der Waals surface area (Å²) in [6.45, 7) is -6.69. The van der Waals surface area contributed by atoms with Crippen LogP contribution in [0.2, 0.25) is 0 Å². The van der Waals surface area contributed by atoms with Crippen molar-refractivity contribution < 1.29 is 119 Å². The first-order valence-corrected chi connectivity index (χ1v) is 42.2. The fraction of sp³-hybridized carbons (Fsp3) is 0.323. The highest BCUT2D eigenvalue weighted by Gasteiger charge is 2.33. The van der Waals surface area contributed by atoms with Crippen molar-refractivity contribution in [2.75, 3.05) is 58.9 Å². The number of nitrogens with zero attached hydrogens (tertiary/aromatic N) is 3. The van der Waals surface area contributed by atoms with Crippen LogP contribution >= 0.6 is 0 Å². The molecule has 690 valence electrons. The summed E-state index contributed by atoms with van der Waals surface area (Å²) in [6.07, 6.45) is -6.15. The lowest BCUT2D eigenvalue weighted by molar-refractivity contribution is -0.155. The summed E-state index contributed by atoms with van der Waals surface area (Å²) in [5, 5.41) is 14.8. The topological polar surface area (TPSA) is 472 Å². The number of nitrogens with one attached hydrogen (secondary N) is 6. The van der Waals surface area contributed by atoms with E-state index in [0.29, 0.717) is 44.5 Å². The molecule has 0 aliphatic rings. The Morgan fingerprint density at radius 2 is 0.397 bits per heavy atom. The Morgan fingerprint density at radius 1 is 0.229 bits per heavy atom. The van der Waals surface area contributed by atoms with Crippen molar-refractivity contribution in [3.05, 3.63) is 287 Å². The number of benzene rings is 8. The van der Waals surface area contributed by atoms with Gasteiger partial charge < -0.3 is 90.2 Å². The minimum Gasteiger partial charge on any atom is -0.461 e. The maximum Gasteiger partial charge on any atom is 0.329 e. The van der Waals surface area contributed by atoms with E-state index in [1.165, 1.54) is 0 Å². The van der Waals surface area contributed by atoms with Crippen LogP contribution in [-0.2, 0) is 172 Å². The first kappa shape index (κ1) is 101. The van der Waals surface area contributed by atoms with Gasteiger partial charge in [-0.1, -0.05) is 243 Å². The zero-order chi connectivity index (χ0) is 93.8. The van der Waals surface area contributed by atoms with Gasteiger partial charge in [0, 0.05) is 77.8 Å². The van der Waals surface area contributed by atoms with E-state index in [2.05, 4.69) is 31.9 Å². The molecule has 0 spiro atoms. The van der Waals surface area contributed by atoms with Crippen LogP contribution in [0.25, 0.3) is 0 Å². The third-order valence-corrected chi connectivity index (χ3v) is 19.6. The maximum absolute atomic E-state index is 14.3. The van der Waals surface area contributed by atoms with Crippen LogP contribution in [0.15, 0.2) is 243 Å². The SMILES string of the molecule is NCC(=O)N(CCC(=O)NCC(=O)N(CCC(=O)N[C@@H](CC(=O)OCc1ccccc1)C(=O)OCc1ccccc1)CCC(=O)N[C@@H](CC(=O)OCc1ccccc1)C(=O)OCc1ccccc1)CCC(=O)NCC(=O)N(CCC(=O)N[C@@H](CC(=O)OCc1ccccc1)C(=O)OCc1ccccc1)CCC(=O)N[C@@H](CC(=O)OCc1ccccc1)C(=O)OCc1ccccc1. The van der Waals surface area contributed by atoms with Crippen molar-refractivity contribution in [3.63, 3.8) is 0 Å². The Balaban J connectivity index is 0.922. The molecule has 0 bridgehead atoms. The van der Waals surface area contributed by atoms with Crippen LogP contribution in [0, 0.1) is 0 Å². The number of amides is 9. The van der Waals surface area contributed by atoms with Crippen LogP contribution < -0.4 is 37.6 Å². The van der Waals surface area contributed by atoms with Crippen molar-refractivity contribution in [2.45, 2.75) is 141 Å². The lowest BCUT2D eigenvalue weighted by Crippen LogP contribution is -2.47. The molecule has 9 amide bonds. The molecule has 0 heterocycles. The number of nitrogens with two attached hydrogens (primary N) is 1. The van der Waals surface area contributed by atoms with Crippen LogP contribution in [-0.4, -0.2) is 199 Å². The van der Waals surface area contributed by atoms with Gasteiger partial charge >= 0.3 is 47.8 Å². The van der Waals surface area contributed by atoms with Gasteiger partial charge in [-0.15, -0.1) is 0 Å². The summed E-state index contributed by atoms with van der Waals surface area (Å²) >= 11 is 0. The number of hydrogen-bond acceptors (Lipinski definition) is 26. The quantitative estimate of drug-likeness (QED) is 0.0184. The maximum atomic E-state index is 14.3. The summed E-state index contributed by atoms with van der Waals surface area (Å²) in [5.41, 5.74) is 10.7. The van der Waals surface area contributed by atoms with E-state index < -0.39 is 248 Å². The van der Waals surface area contributed by atoms with E-state index in [1.807, 2.05) is 0 Å². The molecule has 8 aromatic rings. The number of esters is 8. The second kappa shape index (κ2) is 56.7. The van der Waals surface area contributed by atoms with E-state index in [4.69, 9.17) is 43.6 Å². The van der Waals surface area contributed by atoms with Crippen LogP contribution in [0.3, 0.4) is 0 Å². The van der Waals surface area contributed by atoms with Crippen molar-refractivity contribution in [3.8, 4) is 0 Å². The van der Waals surface area contributed by atoms with Gasteiger partial charge in [-0.05, 0) is 44.5 Å². The molecule has 0 aliphatic carbocycles. The minimum atomic E-state index is -1.61. The highest BCUT2D eigenvalue weighted by molar-refractivity contribution is 5.93. The molecule has 0 fully saturated rings. The summed E-state index contributed by atoms with van der Waals surface area (Å²) in [7, 11) is 0. The predicted octanol–water partition coefficient (Wildman–Crippen LogP) is 5.45. The molecule has 8 rings (SSSR count). The second-order valence-electron chi connectivity index (χ2n) is 29.7. The number of rotatable bonds is 55. The lowest BCUT2D eigenvalue weighted by Gasteiger charge is -2.25. The molecule has 0 radical (unpaired) electrons. The Labute approximate surface area is 756 Å². The fourth-order valence-electron chi connectivity index (χ4n) is 12.4. The molecule has 0 saturated heterocycles. The molecule has 35 nitrogen and oxygen atoms in total. The number of carbonyl (C=O) groups is 17. The zero-order valence-electron chi connectivity index (χ0n) is 72.1. The van der Waals surface area contributed by atoms with E-state index in [9.17, 15) is 81.5 Å². The molecule has 0 aliphatic heterocycles. The number of ether oxygens (including phenoxy) is 8. The molecular formula is C96H106N10O25. The molecule has 8 aromatic carbocycles. The van der Waals surface area contributed by atoms with Crippen molar-refractivity contribution in [2.24, 2.45) is 5.73 Å². The summed E-state index contributed by atoms with van der Waals surface area (Å²) < 4.78 is 43.7. The van der Waals surface area contributed by atoms with Crippen molar-refractivity contribution >= 4 is 101 Å². The van der Waals surface area contributed by atoms with Gasteiger partial charge in [-0.2, -0.15) is 0 Å². The predicted molar refractivity (Wildman–Crippen MR) is 469 cm³/mol. The van der Waals surface area contributed by atoms with E-state index in [-0.39, 0.29) is 52.9 Å². The summed E-state index contributed by atoms with van der Waals surface area (Å²) in [6, 6.07) is 62.2. The first-order chi connectivity index (χ1) is 63.4. The third-order valence-electron chi connectivity index (χ3n) is 19.6. The average molecular weight is 1800 g/mol. The third kappa shape index (κ3) is 40.1. The monoisotopic (exact) mass is 1800 g/mol. The van der Waals surface area contributed by atoms with Gasteiger partial charge in [0.2, 0.25) is 53.2 Å².